The average molecular weight is 524 g/mol. The number of pyridine rings is 2. The lowest BCUT2D eigenvalue weighted by Gasteiger charge is -2.33. The summed E-state index contributed by atoms with van der Waals surface area (Å²) in [6.07, 6.45) is 13.9. The van der Waals surface area contributed by atoms with Gasteiger partial charge in [-0.1, -0.05) is 25.2 Å². The molecule has 0 unspecified atom stereocenters. The number of piperidine rings is 1. The van der Waals surface area contributed by atoms with Crippen molar-refractivity contribution >= 4 is 33.3 Å². The monoisotopic (exact) mass is 523 g/mol. The van der Waals surface area contributed by atoms with Gasteiger partial charge in [0, 0.05) is 32.7 Å². The van der Waals surface area contributed by atoms with E-state index < -0.39 is 0 Å². The first kappa shape index (κ1) is 25.5. The number of piperazine rings is 1. The van der Waals surface area contributed by atoms with Gasteiger partial charge in [-0.3, -0.25) is 15.0 Å². The average Bonchev–Trinajstić information content (AvgIpc) is 3.60. The quantitative estimate of drug-likeness (QED) is 0.341. The van der Waals surface area contributed by atoms with E-state index >= 15 is 0 Å². The highest BCUT2D eigenvalue weighted by Crippen LogP contribution is 2.30. The third-order valence-corrected chi connectivity index (χ3v) is 7.92. The molecule has 6 heterocycles. The minimum Gasteiger partial charge on any atom is -0.366 e. The molecule has 2 fully saturated rings. The van der Waals surface area contributed by atoms with E-state index in [0.29, 0.717) is 11.5 Å². The van der Waals surface area contributed by atoms with Crippen molar-refractivity contribution in [3.63, 3.8) is 0 Å². The summed E-state index contributed by atoms with van der Waals surface area (Å²) >= 11 is 0. The summed E-state index contributed by atoms with van der Waals surface area (Å²) in [6.45, 7) is 13.3. The number of hydrogen-bond donors (Lipinski definition) is 2. The van der Waals surface area contributed by atoms with E-state index in [0.717, 1.165) is 84.8 Å². The topological polar surface area (TPSA) is 92.9 Å². The highest BCUT2D eigenvalue weighted by molar-refractivity contribution is 5.94. The highest BCUT2D eigenvalue weighted by atomic mass is 15.3. The van der Waals surface area contributed by atoms with Gasteiger partial charge >= 0.3 is 0 Å². The maximum atomic E-state index is 5.06. The molecule has 2 aliphatic rings. The summed E-state index contributed by atoms with van der Waals surface area (Å²) in [5.74, 6) is 0.693. The zero-order chi connectivity index (χ0) is 26.8. The summed E-state index contributed by atoms with van der Waals surface area (Å²) in [5.41, 5.74) is 8.45. The molecule has 2 N–H and O–H groups in total. The van der Waals surface area contributed by atoms with Gasteiger partial charge in [0.15, 0.2) is 11.5 Å². The zero-order valence-corrected chi connectivity index (χ0v) is 23.0. The van der Waals surface area contributed by atoms with E-state index in [4.69, 9.17) is 9.97 Å². The van der Waals surface area contributed by atoms with Crippen LogP contribution in [0.4, 0.5) is 5.69 Å². The normalized spacial score (nSPS) is 18.4. The van der Waals surface area contributed by atoms with E-state index in [9.17, 15) is 0 Å². The van der Waals surface area contributed by atoms with Crippen molar-refractivity contribution in [1.29, 1.82) is 0 Å². The van der Waals surface area contributed by atoms with Gasteiger partial charge < -0.3 is 14.8 Å². The van der Waals surface area contributed by atoms with Crippen molar-refractivity contribution in [3.8, 4) is 11.5 Å². The molecular formula is C30H37N9. The Labute approximate surface area is 229 Å². The van der Waals surface area contributed by atoms with Gasteiger partial charge in [0.2, 0.25) is 0 Å². The van der Waals surface area contributed by atoms with Crippen LogP contribution in [0.15, 0.2) is 54.9 Å². The van der Waals surface area contributed by atoms with E-state index in [-0.39, 0.29) is 0 Å². The number of likely N-dealkylation sites (tertiary alicyclic amines) is 1. The molecule has 0 amide bonds. The smallest absolute Gasteiger partial charge is 0.161 e. The second-order valence-electron chi connectivity index (χ2n) is 10.6. The Kier molecular flexibility index (Phi) is 7.26. The van der Waals surface area contributed by atoms with Crippen LogP contribution in [0.5, 0.6) is 0 Å². The number of H-pyrrole nitrogens is 2. The van der Waals surface area contributed by atoms with E-state index in [1.54, 1.807) is 0 Å². The molecular weight excluding hydrogens is 486 g/mol. The molecule has 0 radical (unpaired) electrons. The van der Waals surface area contributed by atoms with E-state index in [2.05, 4.69) is 67.6 Å². The Bertz CT molecular complexity index is 1530. The predicted molar refractivity (Wildman–Crippen MR) is 159 cm³/mol. The summed E-state index contributed by atoms with van der Waals surface area (Å²) in [7, 11) is 2.16. The molecule has 0 bridgehead atoms. The maximum Gasteiger partial charge on any atom is 0.161 e. The molecule has 2 aliphatic heterocycles. The number of allylic oxidation sites excluding steroid dienone is 3. The van der Waals surface area contributed by atoms with Crippen LogP contribution in [0.3, 0.4) is 0 Å². The van der Waals surface area contributed by atoms with Crippen LogP contribution in [-0.4, -0.2) is 92.8 Å². The van der Waals surface area contributed by atoms with Crippen LogP contribution in [0.2, 0.25) is 0 Å². The first-order chi connectivity index (χ1) is 19.1. The lowest BCUT2D eigenvalue weighted by molar-refractivity contribution is 0.248. The summed E-state index contributed by atoms with van der Waals surface area (Å²) in [4.78, 5) is 25.2. The Balaban J connectivity index is 1.32. The number of fused-ring (bicyclic) bond motifs is 2. The zero-order valence-electron chi connectivity index (χ0n) is 23.0. The van der Waals surface area contributed by atoms with E-state index in [1.165, 1.54) is 24.8 Å². The van der Waals surface area contributed by atoms with Gasteiger partial charge in [-0.2, -0.15) is 5.10 Å². The van der Waals surface area contributed by atoms with Gasteiger partial charge in [0.25, 0.3) is 0 Å². The molecule has 202 valence electrons. The molecule has 6 rings (SSSR count). The molecule has 2 saturated heterocycles. The van der Waals surface area contributed by atoms with E-state index in [1.807, 2.05) is 30.6 Å². The number of likely N-dealkylation sites (N-methyl/N-ethyl adjacent to an activating group) is 1. The fourth-order valence-corrected chi connectivity index (χ4v) is 5.58. The third-order valence-electron chi connectivity index (χ3n) is 7.92. The Morgan fingerprint density at radius 3 is 2.56 bits per heavy atom. The third kappa shape index (κ3) is 5.24. The Morgan fingerprint density at radius 1 is 0.974 bits per heavy atom. The highest BCUT2D eigenvalue weighted by Gasteiger charge is 2.21. The molecule has 0 saturated carbocycles. The number of hydrogen-bond acceptors (Lipinski definition) is 7. The maximum absolute atomic E-state index is 5.06. The minimum absolute atomic E-state index is 0.693. The molecule has 4 aromatic rings. The van der Waals surface area contributed by atoms with Crippen molar-refractivity contribution in [2.45, 2.75) is 26.2 Å². The van der Waals surface area contributed by atoms with Crippen LogP contribution in [0, 0.1) is 0 Å². The van der Waals surface area contributed by atoms with Crippen LogP contribution < -0.4 is 4.90 Å². The SMILES string of the molecule is C=C/C(=C\C(=C/C)c1ccc2[nH]nc(-c3nc4c(N5CCN(C)CC5)cncc4[nH]3)c2n1)CN1CCCCC1. The van der Waals surface area contributed by atoms with Crippen LogP contribution in [0.25, 0.3) is 39.2 Å². The van der Waals surface area contributed by atoms with Crippen molar-refractivity contribution < 1.29 is 0 Å². The van der Waals surface area contributed by atoms with Crippen LogP contribution in [-0.2, 0) is 0 Å². The lowest BCUT2D eigenvalue weighted by atomic mass is 10.0. The molecule has 9 heteroatoms. The second kappa shape index (κ2) is 11.1. The van der Waals surface area contributed by atoms with Crippen LogP contribution >= 0.6 is 0 Å². The van der Waals surface area contributed by atoms with Gasteiger partial charge in [0.1, 0.15) is 11.0 Å². The van der Waals surface area contributed by atoms with Gasteiger partial charge in [0.05, 0.1) is 34.8 Å². The molecule has 9 nitrogen and oxygen atoms in total. The number of anilines is 1. The Hall–Kier alpha value is -3.82. The van der Waals surface area contributed by atoms with Crippen molar-refractivity contribution in [2.24, 2.45) is 0 Å². The summed E-state index contributed by atoms with van der Waals surface area (Å²) in [6, 6.07) is 4.09. The fraction of sp³-hybridized carbons (Fsp3) is 0.400. The predicted octanol–water partition coefficient (Wildman–Crippen LogP) is 4.65. The van der Waals surface area contributed by atoms with Crippen molar-refractivity contribution in [1.82, 2.24) is 39.9 Å². The van der Waals surface area contributed by atoms with Gasteiger partial charge in [-0.25, -0.2) is 9.97 Å². The standard InChI is InChI=1S/C30H37N9/c1-4-21(20-38-11-7-6-8-12-38)17-22(5-2)23-9-10-24-28(32-23)29(36-35-24)30-33-25-18-31-19-26(27(25)34-30)39-15-13-37(3)14-16-39/h4-5,9-10,17-19H,1,6-8,11-16,20H2,2-3H3,(H,33,34)(H,35,36)/b21-17+,22-5+. The number of nitrogens with one attached hydrogen (secondary N) is 2. The number of aromatic nitrogens is 6. The largest absolute Gasteiger partial charge is 0.366 e. The van der Waals surface area contributed by atoms with Crippen LogP contribution in [0.1, 0.15) is 31.9 Å². The molecule has 0 atom stereocenters. The number of aromatic amines is 2. The van der Waals surface area contributed by atoms with Gasteiger partial charge in [-0.05, 0) is 69.3 Å². The first-order valence-electron chi connectivity index (χ1n) is 14.0. The lowest BCUT2D eigenvalue weighted by Crippen LogP contribution is -2.44. The van der Waals surface area contributed by atoms with Crippen molar-refractivity contribution in [3.05, 3.63) is 60.6 Å². The number of imidazole rings is 1. The molecule has 0 aliphatic carbocycles. The number of rotatable bonds is 7. The first-order valence-corrected chi connectivity index (χ1v) is 14.0. The molecule has 4 aromatic heterocycles. The number of nitrogens with zero attached hydrogens (tertiary/aromatic N) is 7. The summed E-state index contributed by atoms with van der Waals surface area (Å²) < 4.78 is 0. The summed E-state index contributed by atoms with van der Waals surface area (Å²) in [5, 5.41) is 7.76. The molecule has 0 spiro atoms. The van der Waals surface area contributed by atoms with Gasteiger partial charge in [-0.15, -0.1) is 0 Å². The van der Waals surface area contributed by atoms with Crippen molar-refractivity contribution in [2.75, 3.05) is 57.8 Å². The Morgan fingerprint density at radius 2 is 1.79 bits per heavy atom. The minimum atomic E-state index is 0.693. The molecule has 0 aromatic carbocycles. The second-order valence-corrected chi connectivity index (χ2v) is 10.6. The fourth-order valence-electron chi connectivity index (χ4n) is 5.58. The molecule has 39 heavy (non-hydrogen) atoms.